The molecule has 10 nitrogen and oxygen atoms in total. The minimum Gasteiger partial charge on any atom is -0.309 e. The number of nitrogens with zero attached hydrogens (tertiary/aromatic N) is 3. The maximum absolute atomic E-state index is 13.4. The van der Waals surface area contributed by atoms with Gasteiger partial charge in [0.05, 0.1) is 15.8 Å². The number of amides is 1. The average molecular weight is 508 g/mol. The number of sulfonamides is 1. The van der Waals surface area contributed by atoms with E-state index >= 15 is 0 Å². The lowest BCUT2D eigenvalue weighted by Crippen LogP contribution is -2.45. The molecular formula is C25H25N5O5S. The summed E-state index contributed by atoms with van der Waals surface area (Å²) in [6.07, 6.45) is 0.0849. The Labute approximate surface area is 207 Å². The Hall–Kier alpha value is -4.09. The number of nitrogens with one attached hydrogen (secondary N) is 2. The van der Waals surface area contributed by atoms with E-state index in [4.69, 9.17) is 0 Å². The Morgan fingerprint density at radius 1 is 0.972 bits per heavy atom. The van der Waals surface area contributed by atoms with Gasteiger partial charge in [-0.25, -0.2) is 18.2 Å². The molecule has 0 aliphatic heterocycles. The molecule has 2 aromatic carbocycles. The van der Waals surface area contributed by atoms with Gasteiger partial charge in [-0.2, -0.15) is 4.72 Å². The molecule has 0 fully saturated rings. The molecule has 0 bridgehead atoms. The lowest BCUT2D eigenvalue weighted by Gasteiger charge is -2.19. The number of carbonyl (C=O) groups is 1. The number of fused-ring (bicyclic) bond motifs is 1. The smallest absolute Gasteiger partial charge is 0.309 e. The molecule has 0 radical (unpaired) electrons. The number of pyridine rings is 1. The van der Waals surface area contributed by atoms with E-state index in [1.54, 1.807) is 49.4 Å². The number of anilines is 1. The fraction of sp³-hybridized carbons (Fsp3) is 0.200. The zero-order valence-electron chi connectivity index (χ0n) is 19.9. The van der Waals surface area contributed by atoms with Crippen molar-refractivity contribution in [2.45, 2.75) is 24.3 Å². The molecule has 0 saturated heterocycles. The lowest BCUT2D eigenvalue weighted by molar-refractivity contribution is -0.117. The molecule has 1 amide bonds. The first-order valence-electron chi connectivity index (χ1n) is 11.1. The van der Waals surface area contributed by atoms with Crippen LogP contribution in [0.25, 0.3) is 10.9 Å². The van der Waals surface area contributed by atoms with E-state index < -0.39 is 33.2 Å². The summed E-state index contributed by atoms with van der Waals surface area (Å²) in [4.78, 5) is 42.1. The minimum atomic E-state index is -4.24. The van der Waals surface area contributed by atoms with Crippen LogP contribution in [0.15, 0.2) is 81.2 Å². The van der Waals surface area contributed by atoms with Gasteiger partial charge >= 0.3 is 5.69 Å². The Balaban J connectivity index is 1.71. The van der Waals surface area contributed by atoms with Crippen LogP contribution in [0.1, 0.15) is 11.3 Å². The highest BCUT2D eigenvalue weighted by atomic mass is 32.2. The summed E-state index contributed by atoms with van der Waals surface area (Å²) in [6.45, 7) is 1.78. The number of carbonyl (C=O) groups excluding carboxylic acids is 1. The van der Waals surface area contributed by atoms with Crippen molar-refractivity contribution in [3.63, 3.8) is 0 Å². The average Bonchev–Trinajstić information content (AvgIpc) is 2.86. The molecule has 2 heterocycles. The van der Waals surface area contributed by atoms with Gasteiger partial charge in [-0.05, 0) is 49.2 Å². The number of rotatable bonds is 7. The van der Waals surface area contributed by atoms with Gasteiger partial charge in [0.2, 0.25) is 15.9 Å². The maximum atomic E-state index is 13.4. The zero-order valence-corrected chi connectivity index (χ0v) is 20.7. The van der Waals surface area contributed by atoms with Gasteiger partial charge in [0.25, 0.3) is 5.56 Å². The van der Waals surface area contributed by atoms with Crippen LogP contribution in [0.5, 0.6) is 0 Å². The van der Waals surface area contributed by atoms with Crippen LogP contribution in [0.2, 0.25) is 0 Å². The third-order valence-corrected chi connectivity index (χ3v) is 7.25. The minimum absolute atomic E-state index is 0.0653. The first kappa shape index (κ1) is 25.0. The quantitative estimate of drug-likeness (QED) is 0.389. The fourth-order valence-corrected chi connectivity index (χ4v) is 5.08. The van der Waals surface area contributed by atoms with Gasteiger partial charge in [-0.3, -0.25) is 18.7 Å². The van der Waals surface area contributed by atoms with Gasteiger partial charge in [0.15, 0.2) is 0 Å². The van der Waals surface area contributed by atoms with Crippen LogP contribution in [-0.2, 0) is 35.3 Å². The predicted octanol–water partition coefficient (Wildman–Crippen LogP) is 1.47. The molecule has 4 rings (SSSR count). The van der Waals surface area contributed by atoms with E-state index in [0.717, 1.165) is 10.1 Å². The molecule has 1 atom stereocenters. The summed E-state index contributed by atoms with van der Waals surface area (Å²) in [5, 5.41) is 2.73. The van der Waals surface area contributed by atoms with E-state index in [1.807, 2.05) is 6.07 Å². The van der Waals surface area contributed by atoms with Gasteiger partial charge in [-0.15, -0.1) is 0 Å². The van der Waals surface area contributed by atoms with Crippen LogP contribution in [0, 0.1) is 6.92 Å². The monoisotopic (exact) mass is 507 g/mol. The number of aromatic nitrogens is 3. The van der Waals surface area contributed by atoms with Crippen LogP contribution < -0.4 is 21.3 Å². The van der Waals surface area contributed by atoms with Gasteiger partial charge in [0, 0.05) is 19.8 Å². The summed E-state index contributed by atoms with van der Waals surface area (Å²) in [6, 6.07) is 16.9. The molecule has 0 spiro atoms. The van der Waals surface area contributed by atoms with Crippen LogP contribution in [-0.4, -0.2) is 34.5 Å². The normalized spacial score (nSPS) is 12.4. The van der Waals surface area contributed by atoms with Crippen LogP contribution >= 0.6 is 0 Å². The Morgan fingerprint density at radius 3 is 2.39 bits per heavy atom. The molecule has 2 N–H and O–H groups in total. The first-order valence-corrected chi connectivity index (χ1v) is 12.6. The summed E-state index contributed by atoms with van der Waals surface area (Å²) >= 11 is 0. The summed E-state index contributed by atoms with van der Waals surface area (Å²) < 4.78 is 31.3. The Bertz CT molecular complexity index is 1680. The van der Waals surface area contributed by atoms with Crippen molar-refractivity contribution >= 4 is 32.7 Å². The second-order valence-corrected chi connectivity index (χ2v) is 10.1. The second-order valence-electron chi connectivity index (χ2n) is 8.40. The summed E-state index contributed by atoms with van der Waals surface area (Å²) in [7, 11) is -1.42. The van der Waals surface area contributed by atoms with Crippen molar-refractivity contribution in [2.75, 3.05) is 5.32 Å². The topological polar surface area (TPSA) is 132 Å². The van der Waals surface area contributed by atoms with Crippen molar-refractivity contribution in [2.24, 2.45) is 14.1 Å². The molecule has 4 aromatic rings. The lowest BCUT2D eigenvalue weighted by atomic mass is 10.1. The molecule has 0 saturated carbocycles. The van der Waals surface area contributed by atoms with Gasteiger partial charge < -0.3 is 5.32 Å². The number of aryl methyl sites for hydroxylation is 2. The highest BCUT2D eigenvalue weighted by Gasteiger charge is 2.27. The predicted molar refractivity (Wildman–Crippen MR) is 136 cm³/mol. The SMILES string of the molecule is Cc1cccc(NC(=O)[C@H](Cc2ccccc2)NS(=O)(=O)c2ccc3c(c2)c(=O)n(C)c(=O)n3C)n1. The van der Waals surface area contributed by atoms with E-state index in [0.29, 0.717) is 17.0 Å². The fourth-order valence-electron chi connectivity index (χ4n) is 3.86. The summed E-state index contributed by atoms with van der Waals surface area (Å²) in [5.41, 5.74) is 0.603. The summed E-state index contributed by atoms with van der Waals surface area (Å²) in [5.74, 6) is -0.285. The second kappa shape index (κ2) is 9.88. The van der Waals surface area contributed by atoms with E-state index in [9.17, 15) is 22.8 Å². The molecule has 0 aliphatic rings. The first-order chi connectivity index (χ1) is 17.1. The molecule has 2 aromatic heterocycles. The van der Waals surface area contributed by atoms with Crippen molar-refractivity contribution in [3.05, 3.63) is 98.8 Å². The molecule has 186 valence electrons. The number of hydrogen-bond donors (Lipinski definition) is 2. The van der Waals surface area contributed by atoms with E-state index in [1.165, 1.54) is 36.9 Å². The highest BCUT2D eigenvalue weighted by molar-refractivity contribution is 7.89. The molecule has 36 heavy (non-hydrogen) atoms. The highest BCUT2D eigenvalue weighted by Crippen LogP contribution is 2.17. The van der Waals surface area contributed by atoms with Crippen LogP contribution in [0.4, 0.5) is 5.82 Å². The molecule has 0 aliphatic carbocycles. The van der Waals surface area contributed by atoms with Crippen molar-refractivity contribution in [1.82, 2.24) is 18.8 Å². The Kier molecular flexibility index (Phi) is 6.86. The van der Waals surface area contributed by atoms with E-state index in [2.05, 4.69) is 15.0 Å². The van der Waals surface area contributed by atoms with Crippen molar-refractivity contribution in [1.29, 1.82) is 0 Å². The largest absolute Gasteiger partial charge is 0.330 e. The standard InChI is InChI=1S/C25H25N5O5S/c1-16-8-7-11-22(26-16)27-23(31)20(14-17-9-5-4-6-10-17)28-36(34,35)18-12-13-21-19(15-18)24(32)30(3)25(33)29(21)2/h4-13,15,20,28H,14H2,1-3H3,(H,26,27,31)/t20-/m0/s1. The third kappa shape index (κ3) is 5.11. The zero-order chi connectivity index (χ0) is 26.0. The number of hydrogen-bond acceptors (Lipinski definition) is 6. The molecule has 0 unspecified atom stereocenters. The maximum Gasteiger partial charge on any atom is 0.330 e. The van der Waals surface area contributed by atoms with Gasteiger partial charge in [0.1, 0.15) is 11.9 Å². The Morgan fingerprint density at radius 2 is 1.69 bits per heavy atom. The van der Waals surface area contributed by atoms with Gasteiger partial charge in [-0.1, -0.05) is 36.4 Å². The molecule has 11 heteroatoms. The van der Waals surface area contributed by atoms with Crippen molar-refractivity contribution < 1.29 is 13.2 Å². The third-order valence-electron chi connectivity index (χ3n) is 5.78. The van der Waals surface area contributed by atoms with Crippen molar-refractivity contribution in [3.8, 4) is 0 Å². The molecular weight excluding hydrogens is 482 g/mol. The number of benzene rings is 2. The van der Waals surface area contributed by atoms with Crippen LogP contribution in [0.3, 0.4) is 0 Å². The van der Waals surface area contributed by atoms with E-state index in [-0.39, 0.29) is 16.7 Å².